The van der Waals surface area contributed by atoms with Crippen molar-refractivity contribution in [3.05, 3.63) is 69.6 Å². The van der Waals surface area contributed by atoms with Gasteiger partial charge in [0.1, 0.15) is 0 Å². The van der Waals surface area contributed by atoms with Crippen LogP contribution in [0.4, 0.5) is 0 Å². The Kier molecular flexibility index (Phi) is 3.93. The van der Waals surface area contributed by atoms with Crippen molar-refractivity contribution in [1.29, 1.82) is 0 Å². The molecule has 2 aromatic rings. The topological polar surface area (TPSA) is 56.4 Å². The summed E-state index contributed by atoms with van der Waals surface area (Å²) in [5.41, 5.74) is 3.00. The number of amides is 1. The average molecular weight is 363 g/mol. The second-order valence-corrected chi connectivity index (χ2v) is 8.27. The second kappa shape index (κ2) is 6.34. The van der Waals surface area contributed by atoms with Crippen LogP contribution in [-0.4, -0.2) is 52.4 Å². The minimum absolute atomic E-state index is 0.0459. The number of aryl methyl sites for hydroxylation is 1. The molecule has 4 fully saturated rings. The standard InChI is InChI=1S/C22H25N3O2/c1-14-2-4-15(5-3-14)18-13-25(22(27)17-6-7-19(26)23-12-17)20-16-8-10-24(11-9-16)21(18)20/h2-7,12,16,18,20-21H,8-11,13H2,1H3,(H,23,26)/t18-,20-,21-/m0/s1. The highest BCUT2D eigenvalue weighted by Gasteiger charge is 2.54. The molecule has 27 heavy (non-hydrogen) atoms. The number of nitrogens with one attached hydrogen (secondary N) is 1. The van der Waals surface area contributed by atoms with Gasteiger partial charge in [-0.15, -0.1) is 0 Å². The van der Waals surface area contributed by atoms with E-state index in [2.05, 4.69) is 46.0 Å². The fourth-order valence-electron chi connectivity index (χ4n) is 5.47. The van der Waals surface area contributed by atoms with Gasteiger partial charge in [0, 0.05) is 30.8 Å². The normalized spacial score (nSPS) is 31.7. The second-order valence-electron chi connectivity index (χ2n) is 8.27. The Labute approximate surface area is 159 Å². The molecule has 1 amide bonds. The molecule has 2 bridgehead atoms. The monoisotopic (exact) mass is 363 g/mol. The van der Waals surface area contributed by atoms with Crippen LogP contribution in [0.3, 0.4) is 0 Å². The summed E-state index contributed by atoms with van der Waals surface area (Å²) < 4.78 is 0. The maximum Gasteiger partial charge on any atom is 0.255 e. The lowest BCUT2D eigenvalue weighted by Crippen LogP contribution is -2.60. The molecule has 1 N–H and O–H groups in total. The molecule has 0 spiro atoms. The molecule has 5 nitrogen and oxygen atoms in total. The van der Waals surface area contributed by atoms with Crippen LogP contribution in [0.5, 0.6) is 0 Å². The first-order chi connectivity index (χ1) is 13.1. The number of hydrogen-bond acceptors (Lipinski definition) is 3. The third-order valence-electron chi connectivity index (χ3n) is 6.79. The van der Waals surface area contributed by atoms with Gasteiger partial charge in [-0.25, -0.2) is 0 Å². The van der Waals surface area contributed by atoms with Crippen molar-refractivity contribution in [2.45, 2.75) is 37.8 Å². The van der Waals surface area contributed by atoms with Gasteiger partial charge in [-0.05, 0) is 50.4 Å². The van der Waals surface area contributed by atoms with E-state index >= 15 is 0 Å². The molecule has 6 rings (SSSR count). The first-order valence-electron chi connectivity index (χ1n) is 9.92. The van der Waals surface area contributed by atoms with Gasteiger partial charge < -0.3 is 9.88 Å². The van der Waals surface area contributed by atoms with E-state index in [1.54, 1.807) is 12.3 Å². The van der Waals surface area contributed by atoms with Gasteiger partial charge in [0.25, 0.3) is 5.91 Å². The summed E-state index contributed by atoms with van der Waals surface area (Å²) in [5.74, 6) is 0.984. The van der Waals surface area contributed by atoms with E-state index in [1.807, 2.05) is 0 Å². The van der Waals surface area contributed by atoms with E-state index in [1.165, 1.54) is 30.0 Å². The van der Waals surface area contributed by atoms with Crippen LogP contribution in [0.15, 0.2) is 47.4 Å². The molecule has 3 atom stereocenters. The molecule has 140 valence electrons. The van der Waals surface area contributed by atoms with Gasteiger partial charge in [-0.3, -0.25) is 14.5 Å². The van der Waals surface area contributed by atoms with Crippen LogP contribution in [0, 0.1) is 12.8 Å². The Morgan fingerprint density at radius 3 is 2.44 bits per heavy atom. The number of aromatic amines is 1. The maximum atomic E-state index is 13.3. The van der Waals surface area contributed by atoms with E-state index in [0.717, 1.165) is 19.6 Å². The summed E-state index contributed by atoms with van der Waals surface area (Å²) in [6.07, 6.45) is 3.91. The number of H-pyrrole nitrogens is 1. The van der Waals surface area contributed by atoms with Crippen LogP contribution < -0.4 is 5.56 Å². The summed E-state index contributed by atoms with van der Waals surface area (Å²) in [4.78, 5) is 32.0. The van der Waals surface area contributed by atoms with Gasteiger partial charge in [-0.2, -0.15) is 0 Å². The molecule has 0 radical (unpaired) electrons. The van der Waals surface area contributed by atoms with Crippen LogP contribution in [0.2, 0.25) is 0 Å². The van der Waals surface area contributed by atoms with Crippen LogP contribution in [-0.2, 0) is 0 Å². The minimum atomic E-state index is -0.175. The lowest BCUT2D eigenvalue weighted by atomic mass is 9.75. The third-order valence-corrected chi connectivity index (χ3v) is 6.79. The lowest BCUT2D eigenvalue weighted by molar-refractivity contribution is -0.00342. The fraction of sp³-hybridized carbons (Fsp3) is 0.455. The van der Waals surface area contributed by atoms with E-state index < -0.39 is 0 Å². The van der Waals surface area contributed by atoms with Crippen LogP contribution >= 0.6 is 0 Å². The van der Waals surface area contributed by atoms with Crippen molar-refractivity contribution < 1.29 is 4.79 Å². The summed E-state index contributed by atoms with van der Waals surface area (Å²) in [5, 5.41) is 0. The summed E-state index contributed by atoms with van der Waals surface area (Å²) >= 11 is 0. The molecule has 4 aliphatic heterocycles. The van der Waals surface area contributed by atoms with E-state index in [4.69, 9.17) is 0 Å². The maximum absolute atomic E-state index is 13.3. The quantitative estimate of drug-likeness (QED) is 0.891. The molecule has 4 saturated heterocycles. The van der Waals surface area contributed by atoms with E-state index in [9.17, 15) is 9.59 Å². The molecule has 1 aromatic carbocycles. The zero-order valence-electron chi connectivity index (χ0n) is 15.6. The summed E-state index contributed by atoms with van der Waals surface area (Å²) in [6, 6.07) is 12.6. The van der Waals surface area contributed by atoms with Crippen LogP contribution in [0.1, 0.15) is 40.2 Å². The molecular formula is C22H25N3O2. The smallest absolute Gasteiger partial charge is 0.255 e. The zero-order chi connectivity index (χ0) is 18.5. The Balaban J connectivity index is 1.52. The molecule has 0 unspecified atom stereocenters. The third kappa shape index (κ3) is 2.72. The van der Waals surface area contributed by atoms with Crippen molar-refractivity contribution >= 4 is 5.91 Å². The SMILES string of the molecule is Cc1ccc([C@@H]2CN(C(=O)c3ccc(=O)[nH]c3)[C@H]3C4CCN(CC4)[C@@H]23)cc1. The zero-order valence-corrected chi connectivity index (χ0v) is 15.6. The van der Waals surface area contributed by atoms with Gasteiger partial charge in [-0.1, -0.05) is 29.8 Å². The Morgan fingerprint density at radius 1 is 1.04 bits per heavy atom. The van der Waals surface area contributed by atoms with Crippen molar-refractivity contribution in [2.75, 3.05) is 19.6 Å². The fourth-order valence-corrected chi connectivity index (χ4v) is 5.47. The highest BCUT2D eigenvalue weighted by atomic mass is 16.2. The number of piperidine rings is 3. The molecule has 4 aliphatic rings. The van der Waals surface area contributed by atoms with Crippen molar-refractivity contribution in [1.82, 2.24) is 14.8 Å². The number of fused-ring (bicyclic) bond motifs is 2. The summed E-state index contributed by atoms with van der Waals surface area (Å²) in [7, 11) is 0. The predicted molar refractivity (Wildman–Crippen MR) is 104 cm³/mol. The first-order valence-corrected chi connectivity index (χ1v) is 9.92. The van der Waals surface area contributed by atoms with Crippen molar-refractivity contribution in [2.24, 2.45) is 5.92 Å². The van der Waals surface area contributed by atoms with Crippen molar-refractivity contribution in [3.8, 4) is 0 Å². The average Bonchev–Trinajstić information content (AvgIpc) is 3.12. The molecule has 5 heterocycles. The highest BCUT2D eigenvalue weighted by Crippen LogP contribution is 2.46. The molecule has 1 aromatic heterocycles. The van der Waals surface area contributed by atoms with Crippen molar-refractivity contribution in [3.63, 3.8) is 0 Å². The minimum Gasteiger partial charge on any atom is -0.333 e. The predicted octanol–water partition coefficient (Wildman–Crippen LogP) is 2.39. The Bertz CT molecular complexity index is 891. The number of carbonyl (C=O) groups excluding carboxylic acids is 1. The summed E-state index contributed by atoms with van der Waals surface area (Å²) in [6.45, 7) is 5.16. The van der Waals surface area contributed by atoms with Gasteiger partial charge >= 0.3 is 0 Å². The number of hydrogen-bond donors (Lipinski definition) is 1. The number of likely N-dealkylation sites (tertiary alicyclic amines) is 1. The molecule has 5 heteroatoms. The Morgan fingerprint density at radius 2 is 1.78 bits per heavy atom. The number of rotatable bonds is 2. The number of pyridine rings is 1. The molecular weight excluding hydrogens is 338 g/mol. The van der Waals surface area contributed by atoms with Gasteiger partial charge in [0.05, 0.1) is 11.6 Å². The Hall–Kier alpha value is -2.40. The number of carbonyl (C=O) groups is 1. The largest absolute Gasteiger partial charge is 0.333 e. The first kappa shape index (κ1) is 16.8. The number of benzene rings is 1. The molecule has 0 saturated carbocycles. The molecule has 0 aliphatic carbocycles. The van der Waals surface area contributed by atoms with E-state index in [0.29, 0.717) is 23.4 Å². The van der Waals surface area contributed by atoms with Gasteiger partial charge in [0.15, 0.2) is 0 Å². The van der Waals surface area contributed by atoms with Crippen LogP contribution in [0.25, 0.3) is 0 Å². The highest BCUT2D eigenvalue weighted by molar-refractivity contribution is 5.94. The van der Waals surface area contributed by atoms with E-state index in [-0.39, 0.29) is 17.5 Å². The number of nitrogens with zero attached hydrogens (tertiary/aromatic N) is 2. The number of aromatic nitrogens is 1. The lowest BCUT2D eigenvalue weighted by Gasteiger charge is -2.51. The van der Waals surface area contributed by atoms with Gasteiger partial charge in [0.2, 0.25) is 5.56 Å².